The van der Waals surface area contributed by atoms with E-state index < -0.39 is 0 Å². The van der Waals surface area contributed by atoms with E-state index in [2.05, 4.69) is 15.6 Å². The highest BCUT2D eigenvalue weighted by molar-refractivity contribution is 5.96. The largest absolute Gasteiger partial charge is 0.331 e. The van der Waals surface area contributed by atoms with Gasteiger partial charge in [0, 0.05) is 25.2 Å². The lowest BCUT2D eigenvalue weighted by molar-refractivity contribution is 0.0889. The monoisotopic (exact) mass is 369 g/mol. The topological polar surface area (TPSA) is 111 Å². The number of nitrogens with one attached hydrogen (secondary N) is 1. The summed E-state index contributed by atoms with van der Waals surface area (Å²) < 4.78 is 3.10. The predicted molar refractivity (Wildman–Crippen MR) is 103 cm³/mol. The molecule has 0 aliphatic heterocycles. The Labute approximate surface area is 156 Å². The van der Waals surface area contributed by atoms with Crippen molar-refractivity contribution in [2.24, 2.45) is 5.73 Å². The van der Waals surface area contributed by atoms with Crippen LogP contribution in [0.5, 0.6) is 0 Å². The number of nitrogens with zero attached hydrogens (tertiary/aromatic N) is 5. The number of carbonyl (C=O) groups is 2. The molecule has 2 heterocycles. The van der Waals surface area contributed by atoms with Gasteiger partial charge in [0.25, 0.3) is 5.91 Å². The van der Waals surface area contributed by atoms with Gasteiger partial charge in [0.15, 0.2) is 5.82 Å². The number of nitrogens with two attached hydrogens (primary N) is 1. The van der Waals surface area contributed by atoms with Crippen molar-refractivity contribution >= 4 is 28.7 Å². The number of aromatic nitrogens is 4. The molecule has 0 aliphatic carbocycles. The summed E-state index contributed by atoms with van der Waals surface area (Å²) in [5.41, 5.74) is 8.55. The normalized spacial score (nSPS) is 11.0. The second-order valence-corrected chi connectivity index (χ2v) is 6.47. The maximum absolute atomic E-state index is 13.0. The standard InChI is InChI=1S/C18H23N7O2/c1-12-13(8-9-19)14-6-4-5-7-15(14)25(12)17(26)11-24-10-16(21-22-24)20-18(27)23(2)3/h4-7,10H,8-9,11,19H2,1-3H3,(H,20,27). The number of para-hydroxylation sites is 1. The Hall–Kier alpha value is -3.20. The molecule has 1 aromatic carbocycles. The van der Waals surface area contributed by atoms with Crippen LogP contribution in [-0.2, 0) is 13.0 Å². The second-order valence-electron chi connectivity index (χ2n) is 6.47. The summed E-state index contributed by atoms with van der Waals surface area (Å²) in [5, 5.41) is 11.4. The third-order valence-corrected chi connectivity index (χ3v) is 4.36. The van der Waals surface area contributed by atoms with Gasteiger partial charge in [-0.3, -0.25) is 14.7 Å². The second kappa shape index (κ2) is 7.58. The summed E-state index contributed by atoms with van der Waals surface area (Å²) in [4.78, 5) is 26.0. The highest BCUT2D eigenvalue weighted by Crippen LogP contribution is 2.26. The molecule has 0 unspecified atom stereocenters. The Morgan fingerprint density at radius 3 is 2.70 bits per heavy atom. The minimum Gasteiger partial charge on any atom is -0.331 e. The number of urea groups is 1. The van der Waals surface area contributed by atoms with Crippen molar-refractivity contribution in [1.29, 1.82) is 0 Å². The van der Waals surface area contributed by atoms with Crippen LogP contribution < -0.4 is 11.1 Å². The van der Waals surface area contributed by atoms with Crippen molar-refractivity contribution in [3.8, 4) is 0 Å². The number of hydrogen-bond acceptors (Lipinski definition) is 5. The molecule has 0 atom stereocenters. The number of fused-ring (bicyclic) bond motifs is 1. The van der Waals surface area contributed by atoms with E-state index in [4.69, 9.17) is 5.73 Å². The van der Waals surface area contributed by atoms with Crippen LogP contribution in [0.25, 0.3) is 10.9 Å². The fourth-order valence-electron chi connectivity index (χ4n) is 3.08. The molecule has 27 heavy (non-hydrogen) atoms. The Morgan fingerprint density at radius 1 is 1.26 bits per heavy atom. The number of anilines is 1. The molecule has 9 heteroatoms. The van der Waals surface area contributed by atoms with Gasteiger partial charge in [0.05, 0.1) is 11.7 Å². The maximum atomic E-state index is 13.0. The third-order valence-electron chi connectivity index (χ3n) is 4.36. The summed E-state index contributed by atoms with van der Waals surface area (Å²) in [6.45, 7) is 2.44. The van der Waals surface area contributed by atoms with Crippen molar-refractivity contribution in [3.05, 3.63) is 41.7 Å². The van der Waals surface area contributed by atoms with Gasteiger partial charge >= 0.3 is 6.03 Å². The number of rotatable bonds is 5. The fourth-order valence-corrected chi connectivity index (χ4v) is 3.08. The van der Waals surface area contributed by atoms with Crippen LogP contribution in [0.2, 0.25) is 0 Å². The summed E-state index contributed by atoms with van der Waals surface area (Å²) >= 11 is 0. The lowest BCUT2D eigenvalue weighted by Crippen LogP contribution is -2.27. The molecule has 2 aromatic heterocycles. The average Bonchev–Trinajstić information content (AvgIpc) is 3.17. The van der Waals surface area contributed by atoms with Crippen LogP contribution in [0, 0.1) is 6.92 Å². The van der Waals surface area contributed by atoms with Crippen LogP contribution in [0.4, 0.5) is 10.6 Å². The zero-order valence-electron chi connectivity index (χ0n) is 15.6. The van der Waals surface area contributed by atoms with Gasteiger partial charge in [0.1, 0.15) is 6.54 Å². The van der Waals surface area contributed by atoms with Crippen LogP contribution in [0.15, 0.2) is 30.5 Å². The molecule has 3 N–H and O–H groups in total. The number of amides is 2. The van der Waals surface area contributed by atoms with Gasteiger partial charge in [0.2, 0.25) is 0 Å². The average molecular weight is 369 g/mol. The highest BCUT2D eigenvalue weighted by atomic mass is 16.2. The van der Waals surface area contributed by atoms with Crippen molar-refractivity contribution in [2.75, 3.05) is 26.0 Å². The van der Waals surface area contributed by atoms with E-state index >= 15 is 0 Å². The van der Waals surface area contributed by atoms with E-state index in [1.54, 1.807) is 18.7 Å². The van der Waals surface area contributed by atoms with Gasteiger partial charge in [-0.05, 0) is 31.5 Å². The quantitative estimate of drug-likeness (QED) is 0.707. The smallest absolute Gasteiger partial charge is 0.322 e. The Morgan fingerprint density at radius 2 is 2.00 bits per heavy atom. The summed E-state index contributed by atoms with van der Waals surface area (Å²) in [7, 11) is 3.25. The Bertz CT molecular complexity index is 987. The lowest BCUT2D eigenvalue weighted by atomic mass is 10.1. The van der Waals surface area contributed by atoms with Crippen molar-refractivity contribution in [2.45, 2.75) is 19.9 Å². The molecule has 3 aromatic rings. The molecular weight excluding hydrogens is 346 g/mol. The molecule has 0 bridgehead atoms. The lowest BCUT2D eigenvalue weighted by Gasteiger charge is -2.09. The third kappa shape index (κ3) is 3.68. The molecule has 0 fully saturated rings. The SMILES string of the molecule is Cc1c(CCN)c2ccccc2n1C(=O)Cn1cc(NC(=O)N(C)C)nn1. The van der Waals surface area contributed by atoms with Crippen LogP contribution in [0.3, 0.4) is 0 Å². The first-order valence-corrected chi connectivity index (χ1v) is 8.63. The molecule has 2 amide bonds. The predicted octanol–water partition coefficient (Wildman–Crippen LogP) is 1.48. The highest BCUT2D eigenvalue weighted by Gasteiger charge is 2.19. The van der Waals surface area contributed by atoms with Gasteiger partial charge in [-0.15, -0.1) is 5.10 Å². The van der Waals surface area contributed by atoms with Gasteiger partial charge in [-0.2, -0.15) is 0 Å². The Kier molecular flexibility index (Phi) is 5.22. The number of carbonyl (C=O) groups excluding carboxylic acids is 2. The van der Waals surface area contributed by atoms with Crippen molar-refractivity contribution < 1.29 is 9.59 Å². The minimum atomic E-state index is -0.313. The first-order valence-electron chi connectivity index (χ1n) is 8.63. The van der Waals surface area contributed by atoms with E-state index in [0.717, 1.165) is 22.2 Å². The van der Waals surface area contributed by atoms with E-state index in [0.29, 0.717) is 18.8 Å². The van der Waals surface area contributed by atoms with Gasteiger partial charge in [-0.1, -0.05) is 23.4 Å². The molecule has 0 saturated heterocycles. The Balaban J connectivity index is 1.86. The first kappa shape index (κ1) is 18.6. The minimum absolute atomic E-state index is 0.00636. The van der Waals surface area contributed by atoms with Crippen LogP contribution in [-0.4, -0.2) is 57.0 Å². The summed E-state index contributed by atoms with van der Waals surface area (Å²) in [6, 6.07) is 7.47. The molecule has 142 valence electrons. The first-order chi connectivity index (χ1) is 12.9. The van der Waals surface area contributed by atoms with E-state index in [9.17, 15) is 9.59 Å². The summed E-state index contributed by atoms with van der Waals surface area (Å²) in [6.07, 6.45) is 2.23. The molecule has 3 rings (SSSR count). The molecule has 0 saturated carbocycles. The maximum Gasteiger partial charge on any atom is 0.322 e. The number of benzene rings is 1. The fraction of sp³-hybridized carbons (Fsp3) is 0.333. The van der Waals surface area contributed by atoms with E-state index in [1.165, 1.54) is 15.8 Å². The number of hydrogen-bond donors (Lipinski definition) is 2. The van der Waals surface area contributed by atoms with Crippen molar-refractivity contribution in [3.63, 3.8) is 0 Å². The van der Waals surface area contributed by atoms with E-state index in [-0.39, 0.29) is 18.5 Å². The van der Waals surface area contributed by atoms with Crippen LogP contribution in [0.1, 0.15) is 16.1 Å². The van der Waals surface area contributed by atoms with Crippen molar-refractivity contribution in [1.82, 2.24) is 24.5 Å². The molecular formula is C18H23N7O2. The van der Waals surface area contributed by atoms with Crippen LogP contribution >= 0.6 is 0 Å². The molecule has 0 spiro atoms. The molecule has 9 nitrogen and oxygen atoms in total. The zero-order chi connectivity index (χ0) is 19.6. The molecule has 0 aliphatic rings. The van der Waals surface area contributed by atoms with E-state index in [1.807, 2.05) is 31.2 Å². The zero-order valence-corrected chi connectivity index (χ0v) is 15.6. The van der Waals surface area contributed by atoms with Gasteiger partial charge < -0.3 is 10.6 Å². The van der Waals surface area contributed by atoms with Gasteiger partial charge in [-0.25, -0.2) is 9.48 Å². The summed E-state index contributed by atoms with van der Waals surface area (Å²) in [5.74, 6) is 0.154. The molecule has 0 radical (unpaired) electrons.